The zero-order chi connectivity index (χ0) is 14.7. The van der Waals surface area contributed by atoms with Gasteiger partial charge in [-0.15, -0.1) is 0 Å². The Morgan fingerprint density at radius 3 is 2.55 bits per heavy atom. The Labute approximate surface area is 122 Å². The Kier molecular flexibility index (Phi) is 4.39. The van der Waals surface area contributed by atoms with Gasteiger partial charge >= 0.3 is 0 Å². The van der Waals surface area contributed by atoms with E-state index in [4.69, 9.17) is 11.6 Å². The summed E-state index contributed by atoms with van der Waals surface area (Å²) < 4.78 is 0. The van der Waals surface area contributed by atoms with Crippen LogP contribution < -0.4 is 5.43 Å². The molecule has 1 aliphatic heterocycles. The fraction of sp³-hybridized carbons (Fsp3) is 0.357. The Hall–Kier alpha value is -1.88. The van der Waals surface area contributed by atoms with Crippen LogP contribution in [0.4, 0.5) is 0 Å². The van der Waals surface area contributed by atoms with Crippen molar-refractivity contribution in [1.29, 1.82) is 0 Å². The van der Waals surface area contributed by atoms with Crippen LogP contribution in [-0.4, -0.2) is 29.5 Å². The average molecular weight is 294 g/mol. The first-order chi connectivity index (χ1) is 9.49. The highest BCUT2D eigenvalue weighted by Crippen LogP contribution is 2.21. The molecule has 1 aromatic carbocycles. The molecule has 1 heterocycles. The van der Waals surface area contributed by atoms with E-state index in [1.165, 1.54) is 0 Å². The first kappa shape index (κ1) is 14.5. The number of nitrogens with one attached hydrogen (secondary N) is 1. The van der Waals surface area contributed by atoms with Crippen LogP contribution in [0.25, 0.3) is 0 Å². The number of hydrogen-bond acceptors (Lipinski definition) is 3. The molecule has 0 radical (unpaired) electrons. The van der Waals surface area contributed by atoms with Crippen molar-refractivity contribution in [3.63, 3.8) is 0 Å². The quantitative estimate of drug-likeness (QED) is 0.928. The highest BCUT2D eigenvalue weighted by atomic mass is 35.5. The lowest BCUT2D eigenvalue weighted by atomic mass is 10.1. The number of halogens is 1. The van der Waals surface area contributed by atoms with Crippen LogP contribution in [0.15, 0.2) is 29.4 Å². The number of rotatable bonds is 3. The molecule has 0 saturated heterocycles. The molecule has 2 amide bonds. The molecule has 1 N–H and O–H groups in total. The molecule has 5 nitrogen and oxygen atoms in total. The standard InChI is InChI=1S/C14H16ClN3O2/c1-9(10-3-5-11(15)6-4-10)18(2)14(20)12-7-8-13(19)17-16-12/h3-6,9H,7-8H2,1-2H3,(H,17,19). The van der Waals surface area contributed by atoms with Crippen LogP contribution in [0.5, 0.6) is 0 Å². The van der Waals surface area contributed by atoms with Crippen molar-refractivity contribution in [3.8, 4) is 0 Å². The highest BCUT2D eigenvalue weighted by molar-refractivity contribution is 6.39. The smallest absolute Gasteiger partial charge is 0.270 e. The van der Waals surface area contributed by atoms with E-state index < -0.39 is 0 Å². The van der Waals surface area contributed by atoms with Crippen LogP contribution in [0.2, 0.25) is 5.02 Å². The maximum atomic E-state index is 12.3. The number of hydrogen-bond donors (Lipinski definition) is 1. The number of hydrazone groups is 1. The molecule has 0 aliphatic carbocycles. The van der Waals surface area contributed by atoms with Gasteiger partial charge in [-0.2, -0.15) is 5.10 Å². The van der Waals surface area contributed by atoms with Gasteiger partial charge in [0, 0.05) is 24.9 Å². The Morgan fingerprint density at radius 1 is 1.35 bits per heavy atom. The van der Waals surface area contributed by atoms with Crippen LogP contribution >= 0.6 is 11.6 Å². The normalized spacial score (nSPS) is 16.1. The van der Waals surface area contributed by atoms with Crippen molar-refractivity contribution >= 4 is 29.1 Å². The maximum absolute atomic E-state index is 12.3. The molecule has 0 saturated carbocycles. The first-order valence-electron chi connectivity index (χ1n) is 6.37. The fourth-order valence-corrected chi connectivity index (χ4v) is 2.10. The van der Waals surface area contributed by atoms with E-state index >= 15 is 0 Å². The van der Waals surface area contributed by atoms with Crippen LogP contribution in [-0.2, 0) is 9.59 Å². The van der Waals surface area contributed by atoms with E-state index in [0.29, 0.717) is 23.6 Å². The van der Waals surface area contributed by atoms with Gasteiger partial charge < -0.3 is 4.90 Å². The monoisotopic (exact) mass is 293 g/mol. The summed E-state index contributed by atoms with van der Waals surface area (Å²) in [5.74, 6) is -0.331. The predicted molar refractivity (Wildman–Crippen MR) is 77.4 cm³/mol. The molecular formula is C14H16ClN3O2. The third-order valence-electron chi connectivity index (χ3n) is 3.40. The fourth-order valence-electron chi connectivity index (χ4n) is 1.97. The van der Waals surface area contributed by atoms with Gasteiger partial charge in [-0.05, 0) is 24.6 Å². The summed E-state index contributed by atoms with van der Waals surface area (Å²) in [5.41, 5.74) is 3.71. The molecule has 0 spiro atoms. The molecule has 6 heteroatoms. The minimum absolute atomic E-state index is 0.0971. The van der Waals surface area contributed by atoms with Crippen LogP contribution in [0, 0.1) is 0 Å². The summed E-state index contributed by atoms with van der Waals surface area (Å²) in [6.07, 6.45) is 0.677. The molecule has 2 rings (SSSR count). The van der Waals surface area contributed by atoms with Gasteiger partial charge in [-0.3, -0.25) is 9.59 Å². The largest absolute Gasteiger partial charge is 0.334 e. The number of carbonyl (C=O) groups excluding carboxylic acids is 2. The molecular weight excluding hydrogens is 278 g/mol. The van der Waals surface area contributed by atoms with E-state index in [2.05, 4.69) is 10.5 Å². The second-order valence-electron chi connectivity index (χ2n) is 4.74. The van der Waals surface area contributed by atoms with Crippen LogP contribution in [0.1, 0.15) is 31.4 Å². The third-order valence-corrected chi connectivity index (χ3v) is 3.66. The second kappa shape index (κ2) is 6.05. The lowest BCUT2D eigenvalue weighted by Gasteiger charge is -2.26. The van der Waals surface area contributed by atoms with E-state index in [1.54, 1.807) is 24.1 Å². The summed E-state index contributed by atoms with van der Waals surface area (Å²) in [5, 5.41) is 4.49. The molecule has 1 aromatic rings. The van der Waals surface area contributed by atoms with E-state index in [1.807, 2.05) is 19.1 Å². The highest BCUT2D eigenvalue weighted by Gasteiger charge is 2.24. The summed E-state index contributed by atoms with van der Waals surface area (Å²) >= 11 is 5.85. The third kappa shape index (κ3) is 3.17. The lowest BCUT2D eigenvalue weighted by Crippen LogP contribution is -2.39. The van der Waals surface area contributed by atoms with Crippen molar-refractivity contribution < 1.29 is 9.59 Å². The van der Waals surface area contributed by atoms with Crippen LogP contribution in [0.3, 0.4) is 0 Å². The van der Waals surface area contributed by atoms with Gasteiger partial charge in [0.2, 0.25) is 5.91 Å². The van der Waals surface area contributed by atoms with E-state index in [-0.39, 0.29) is 17.9 Å². The first-order valence-corrected chi connectivity index (χ1v) is 6.75. The number of nitrogens with zero attached hydrogens (tertiary/aromatic N) is 2. The summed E-state index contributed by atoms with van der Waals surface area (Å²) in [7, 11) is 1.72. The van der Waals surface area contributed by atoms with Gasteiger partial charge in [0.05, 0.1) is 6.04 Å². The van der Waals surface area contributed by atoms with Crippen molar-refractivity contribution in [2.75, 3.05) is 7.05 Å². The van der Waals surface area contributed by atoms with Gasteiger partial charge in [-0.1, -0.05) is 23.7 Å². The van der Waals surface area contributed by atoms with Gasteiger partial charge in [0.25, 0.3) is 5.91 Å². The molecule has 1 aliphatic rings. The van der Waals surface area contributed by atoms with Crippen molar-refractivity contribution in [2.45, 2.75) is 25.8 Å². The summed E-state index contributed by atoms with van der Waals surface area (Å²) in [6.45, 7) is 1.93. The number of benzene rings is 1. The SMILES string of the molecule is CC(c1ccc(Cl)cc1)N(C)C(=O)C1=NNC(=O)CC1. The summed E-state index contributed by atoms with van der Waals surface area (Å²) in [4.78, 5) is 24.9. The van der Waals surface area contributed by atoms with E-state index in [0.717, 1.165) is 5.56 Å². The number of carbonyl (C=O) groups is 2. The summed E-state index contributed by atoms with van der Waals surface area (Å²) in [6, 6.07) is 7.27. The molecule has 106 valence electrons. The molecule has 1 unspecified atom stereocenters. The Morgan fingerprint density at radius 2 is 2.00 bits per heavy atom. The van der Waals surface area contributed by atoms with Gasteiger partial charge in [0.15, 0.2) is 0 Å². The maximum Gasteiger partial charge on any atom is 0.270 e. The minimum atomic E-state index is -0.174. The molecule has 0 fully saturated rings. The van der Waals surface area contributed by atoms with Crippen molar-refractivity contribution in [3.05, 3.63) is 34.9 Å². The zero-order valence-electron chi connectivity index (χ0n) is 11.4. The Balaban J connectivity index is 2.10. The molecule has 0 aromatic heterocycles. The number of amides is 2. The van der Waals surface area contributed by atoms with Gasteiger partial charge in [0.1, 0.15) is 5.71 Å². The lowest BCUT2D eigenvalue weighted by molar-refractivity contribution is -0.125. The average Bonchev–Trinajstić information content (AvgIpc) is 2.46. The predicted octanol–water partition coefficient (Wildman–Crippen LogP) is 2.13. The van der Waals surface area contributed by atoms with Crippen molar-refractivity contribution in [1.82, 2.24) is 10.3 Å². The zero-order valence-corrected chi connectivity index (χ0v) is 12.1. The van der Waals surface area contributed by atoms with Gasteiger partial charge in [-0.25, -0.2) is 5.43 Å². The minimum Gasteiger partial charge on any atom is -0.334 e. The van der Waals surface area contributed by atoms with E-state index in [9.17, 15) is 9.59 Å². The molecule has 0 bridgehead atoms. The topological polar surface area (TPSA) is 61.8 Å². The Bertz CT molecular complexity index is 554. The molecule has 20 heavy (non-hydrogen) atoms. The van der Waals surface area contributed by atoms with Crippen molar-refractivity contribution in [2.24, 2.45) is 5.10 Å². The molecule has 1 atom stereocenters. The second-order valence-corrected chi connectivity index (χ2v) is 5.17.